The summed E-state index contributed by atoms with van der Waals surface area (Å²) >= 11 is 0. The second kappa shape index (κ2) is 7.08. The number of halogens is 3. The van der Waals surface area contributed by atoms with Crippen LogP contribution in [0.15, 0.2) is 59.5 Å². The lowest BCUT2D eigenvalue weighted by Crippen LogP contribution is -2.25. The van der Waals surface area contributed by atoms with Crippen LogP contribution in [0, 0.1) is 0 Å². The number of rotatable bonds is 3. The molecule has 0 bridgehead atoms. The van der Waals surface area contributed by atoms with Gasteiger partial charge in [0.15, 0.2) is 0 Å². The zero-order chi connectivity index (χ0) is 20.6. The van der Waals surface area contributed by atoms with Gasteiger partial charge in [0, 0.05) is 7.05 Å². The van der Waals surface area contributed by atoms with Crippen molar-refractivity contribution in [3.63, 3.8) is 0 Å². The van der Waals surface area contributed by atoms with E-state index in [1.807, 2.05) is 29.8 Å². The zero-order valence-electron chi connectivity index (χ0n) is 15.3. The van der Waals surface area contributed by atoms with E-state index in [1.54, 1.807) is 12.4 Å². The van der Waals surface area contributed by atoms with Crippen molar-refractivity contribution >= 4 is 29.0 Å². The molecule has 0 aliphatic carbocycles. The van der Waals surface area contributed by atoms with Gasteiger partial charge in [0.25, 0.3) is 5.91 Å². The second-order valence-corrected chi connectivity index (χ2v) is 6.56. The van der Waals surface area contributed by atoms with Crippen LogP contribution in [0.5, 0.6) is 0 Å². The van der Waals surface area contributed by atoms with E-state index in [2.05, 4.69) is 20.6 Å². The van der Waals surface area contributed by atoms with Crippen molar-refractivity contribution in [3.8, 4) is 0 Å². The lowest BCUT2D eigenvalue weighted by Gasteiger charge is -2.11. The lowest BCUT2D eigenvalue weighted by atomic mass is 10.1. The summed E-state index contributed by atoms with van der Waals surface area (Å²) in [7, 11) is 1.87. The number of nitrogens with zero attached hydrogens (tertiary/aromatic N) is 3. The minimum atomic E-state index is -4.46. The van der Waals surface area contributed by atoms with Gasteiger partial charge >= 0.3 is 6.18 Å². The maximum absolute atomic E-state index is 13.1. The van der Waals surface area contributed by atoms with Crippen LogP contribution in [0.2, 0.25) is 0 Å². The Morgan fingerprint density at radius 1 is 1.17 bits per heavy atom. The number of hydrogen-bond acceptors (Lipinski definition) is 3. The van der Waals surface area contributed by atoms with Gasteiger partial charge in [-0.1, -0.05) is 24.3 Å². The van der Waals surface area contributed by atoms with E-state index < -0.39 is 17.6 Å². The van der Waals surface area contributed by atoms with E-state index >= 15 is 0 Å². The number of hydrogen-bond donors (Lipinski definition) is 2. The van der Waals surface area contributed by atoms with Crippen molar-refractivity contribution in [1.82, 2.24) is 20.2 Å². The molecule has 0 saturated carbocycles. The third-order valence-corrected chi connectivity index (χ3v) is 4.52. The summed E-state index contributed by atoms with van der Waals surface area (Å²) in [4.78, 5) is 20.5. The smallest absolute Gasteiger partial charge is 0.334 e. The predicted octanol–water partition coefficient (Wildman–Crippen LogP) is 3.21. The average molecular weight is 399 g/mol. The Morgan fingerprint density at radius 2 is 1.97 bits per heavy atom. The van der Waals surface area contributed by atoms with Crippen molar-refractivity contribution in [3.05, 3.63) is 71.2 Å². The van der Waals surface area contributed by atoms with Crippen LogP contribution in [0.25, 0.3) is 17.1 Å². The Labute approximate surface area is 163 Å². The highest BCUT2D eigenvalue weighted by Crippen LogP contribution is 2.32. The molecule has 6 nitrogen and oxygen atoms in total. The molecule has 3 aromatic rings. The van der Waals surface area contributed by atoms with Crippen molar-refractivity contribution in [2.75, 3.05) is 0 Å². The van der Waals surface area contributed by atoms with Gasteiger partial charge in [-0.3, -0.25) is 10.1 Å². The second-order valence-electron chi connectivity index (χ2n) is 6.56. The molecule has 2 aromatic carbocycles. The molecule has 1 saturated heterocycles. The zero-order valence-corrected chi connectivity index (χ0v) is 15.3. The van der Waals surface area contributed by atoms with Gasteiger partial charge in [-0.15, -0.1) is 0 Å². The van der Waals surface area contributed by atoms with Crippen molar-refractivity contribution in [1.29, 1.82) is 0 Å². The van der Waals surface area contributed by atoms with Gasteiger partial charge in [-0.2, -0.15) is 13.2 Å². The Kier molecular flexibility index (Phi) is 4.57. The number of carbonyl (C=O) groups excluding carboxylic acids is 1. The molecule has 1 aromatic heterocycles. The summed E-state index contributed by atoms with van der Waals surface area (Å²) in [5.41, 5.74) is 2.08. The molecule has 2 heterocycles. The highest BCUT2D eigenvalue weighted by Gasteiger charge is 2.32. The summed E-state index contributed by atoms with van der Waals surface area (Å²) in [6, 6.07) is 10.8. The van der Waals surface area contributed by atoms with Crippen LogP contribution < -0.4 is 10.6 Å². The fourth-order valence-corrected chi connectivity index (χ4v) is 3.07. The molecule has 1 fully saturated rings. The molecule has 4 rings (SSSR count). The number of guanidine groups is 1. The number of imidazole rings is 1. The third kappa shape index (κ3) is 3.84. The first kappa shape index (κ1) is 18.7. The largest absolute Gasteiger partial charge is 0.416 e. The van der Waals surface area contributed by atoms with Gasteiger partial charge in [-0.25, -0.2) is 9.98 Å². The van der Waals surface area contributed by atoms with Gasteiger partial charge in [0.2, 0.25) is 5.96 Å². The molecule has 148 valence electrons. The fourth-order valence-electron chi connectivity index (χ4n) is 3.07. The number of fused-ring (bicyclic) bond motifs is 1. The molecular formula is C20H16F3N5O. The highest BCUT2D eigenvalue weighted by atomic mass is 19.4. The van der Waals surface area contributed by atoms with Crippen LogP contribution in [0.1, 0.15) is 16.7 Å². The maximum Gasteiger partial charge on any atom is 0.416 e. The van der Waals surface area contributed by atoms with E-state index in [0.29, 0.717) is 0 Å². The topological polar surface area (TPSA) is 71.3 Å². The molecule has 0 unspecified atom stereocenters. The normalized spacial score (nSPS) is 17.2. The SMILES string of the molecule is Cn1cnc2ccc(/C=C3\NC(=NCc4ccccc4C(F)(F)F)NC3=O)cc21. The fraction of sp³-hybridized carbons (Fsp3) is 0.150. The Balaban J connectivity index is 1.55. The maximum atomic E-state index is 13.1. The minimum absolute atomic E-state index is 0.0302. The first-order valence-electron chi connectivity index (χ1n) is 8.72. The predicted molar refractivity (Wildman–Crippen MR) is 103 cm³/mol. The average Bonchev–Trinajstić information content (AvgIpc) is 3.22. The van der Waals surface area contributed by atoms with E-state index in [1.165, 1.54) is 18.2 Å². The Morgan fingerprint density at radius 3 is 2.76 bits per heavy atom. The van der Waals surface area contributed by atoms with Gasteiger partial charge in [0.05, 0.1) is 29.5 Å². The summed E-state index contributed by atoms with van der Waals surface area (Å²) in [5, 5.41) is 5.35. The van der Waals surface area contributed by atoms with Gasteiger partial charge in [0.1, 0.15) is 5.70 Å². The standard InChI is InChI=1S/C20H16F3N5O/c1-28-11-25-15-7-6-12(9-17(15)28)8-16-18(29)27-19(26-16)24-10-13-4-2-3-5-14(13)20(21,22)23/h2-9,11H,10H2,1H3,(H2,24,26,27,29)/b16-8-. The number of carbonyl (C=O) groups is 1. The molecular weight excluding hydrogens is 383 g/mol. The quantitative estimate of drug-likeness (QED) is 0.665. The van der Waals surface area contributed by atoms with E-state index in [0.717, 1.165) is 22.7 Å². The molecule has 1 aliphatic heterocycles. The Hall–Kier alpha value is -3.62. The monoisotopic (exact) mass is 399 g/mol. The number of benzene rings is 2. The number of aryl methyl sites for hydroxylation is 1. The summed E-state index contributed by atoms with van der Waals surface area (Å²) in [6.07, 6.45) is -1.11. The first-order chi connectivity index (χ1) is 13.8. The molecule has 0 spiro atoms. The Bertz CT molecular complexity index is 1160. The van der Waals surface area contributed by atoms with Crippen LogP contribution in [-0.4, -0.2) is 21.4 Å². The van der Waals surface area contributed by atoms with Crippen molar-refractivity contribution in [2.24, 2.45) is 12.0 Å². The summed E-state index contributed by atoms with van der Waals surface area (Å²) < 4.78 is 41.1. The molecule has 0 atom stereocenters. The number of aliphatic imine (C=N–C) groups is 1. The summed E-state index contributed by atoms with van der Waals surface area (Å²) in [5.74, 6) is -0.294. The lowest BCUT2D eigenvalue weighted by molar-refractivity contribution is -0.138. The number of amides is 1. The van der Waals surface area contributed by atoms with Crippen LogP contribution in [0.4, 0.5) is 13.2 Å². The molecule has 1 aliphatic rings. The van der Waals surface area contributed by atoms with E-state index in [4.69, 9.17) is 0 Å². The third-order valence-electron chi connectivity index (χ3n) is 4.52. The van der Waals surface area contributed by atoms with E-state index in [9.17, 15) is 18.0 Å². The molecule has 29 heavy (non-hydrogen) atoms. The molecule has 1 amide bonds. The molecule has 9 heteroatoms. The van der Waals surface area contributed by atoms with Crippen molar-refractivity contribution < 1.29 is 18.0 Å². The first-order valence-corrected chi connectivity index (χ1v) is 8.72. The number of aromatic nitrogens is 2. The highest BCUT2D eigenvalue weighted by molar-refractivity contribution is 6.15. The van der Waals surface area contributed by atoms with Crippen LogP contribution in [-0.2, 0) is 24.6 Å². The number of nitrogens with one attached hydrogen (secondary N) is 2. The molecule has 2 N–H and O–H groups in total. The minimum Gasteiger partial charge on any atom is -0.334 e. The van der Waals surface area contributed by atoms with E-state index in [-0.39, 0.29) is 23.8 Å². The van der Waals surface area contributed by atoms with Crippen LogP contribution >= 0.6 is 0 Å². The number of alkyl halides is 3. The van der Waals surface area contributed by atoms with Gasteiger partial charge in [-0.05, 0) is 35.4 Å². The van der Waals surface area contributed by atoms with Crippen molar-refractivity contribution in [2.45, 2.75) is 12.7 Å². The van der Waals surface area contributed by atoms with Gasteiger partial charge < -0.3 is 9.88 Å². The summed E-state index contributed by atoms with van der Waals surface area (Å²) in [6.45, 7) is -0.216. The molecule has 0 radical (unpaired) electrons. The van der Waals surface area contributed by atoms with Crippen LogP contribution in [0.3, 0.4) is 0 Å².